The van der Waals surface area contributed by atoms with Crippen molar-refractivity contribution in [2.75, 3.05) is 0 Å². The summed E-state index contributed by atoms with van der Waals surface area (Å²) >= 11 is 0. The van der Waals surface area contributed by atoms with Crippen molar-refractivity contribution in [1.29, 1.82) is 0 Å². The zero-order valence-corrected chi connectivity index (χ0v) is 5.88. The number of rotatable bonds is 2. The van der Waals surface area contributed by atoms with Gasteiger partial charge in [-0.1, -0.05) is 0 Å². The number of hydrogen-bond acceptors (Lipinski definition) is 6. The molecule has 0 amide bonds. The minimum atomic E-state index is -4.10. The predicted molar refractivity (Wildman–Crippen MR) is 19.5 cm³/mol. The van der Waals surface area contributed by atoms with Crippen LogP contribution in [0.2, 0.25) is 0 Å². The molecule has 0 aliphatic rings. The van der Waals surface area contributed by atoms with Crippen molar-refractivity contribution >= 4 is 10.4 Å². The number of nitrogens with two attached hydrogens (primary N) is 2. The van der Waals surface area contributed by atoms with Crippen LogP contribution in [0.25, 0.3) is 0 Å². The molecular weight excluding hydrogens is 230 g/mol. The Kier molecular flexibility index (Phi) is 6.12. The van der Waals surface area contributed by atoms with Gasteiger partial charge in [0.2, 0.25) is 0 Å². The SMILES string of the molecule is NOS(=O)(=O)ON.[Pd]. The molecule has 4 N–H and O–H groups in total. The van der Waals surface area contributed by atoms with Crippen LogP contribution >= 0.6 is 0 Å². The van der Waals surface area contributed by atoms with E-state index in [0.717, 1.165) is 0 Å². The second-order valence-corrected chi connectivity index (χ2v) is 1.80. The second kappa shape index (κ2) is 4.34. The fourth-order valence-corrected chi connectivity index (χ4v) is 0.0680. The van der Waals surface area contributed by atoms with E-state index in [4.69, 9.17) is 0 Å². The summed E-state index contributed by atoms with van der Waals surface area (Å²) in [7, 11) is -4.10. The summed E-state index contributed by atoms with van der Waals surface area (Å²) < 4.78 is 25.8. The molecule has 6 nitrogen and oxygen atoms in total. The van der Waals surface area contributed by atoms with Gasteiger partial charge in [-0.05, 0) is 0 Å². The van der Waals surface area contributed by atoms with Gasteiger partial charge < -0.3 is 0 Å². The summed E-state index contributed by atoms with van der Waals surface area (Å²) in [6, 6.07) is 0. The largest absolute Gasteiger partial charge is 0.431 e. The molecule has 0 heterocycles. The first kappa shape index (κ1) is 11.3. The van der Waals surface area contributed by atoms with Crippen molar-refractivity contribution in [2.45, 2.75) is 0 Å². The summed E-state index contributed by atoms with van der Waals surface area (Å²) in [5.74, 6) is 8.25. The van der Waals surface area contributed by atoms with Crippen LogP contribution in [0, 0.1) is 0 Å². The average molecular weight is 235 g/mol. The smallest absolute Gasteiger partial charge is 0.196 e. The van der Waals surface area contributed by atoms with E-state index in [0.29, 0.717) is 0 Å². The van der Waals surface area contributed by atoms with E-state index in [9.17, 15) is 8.42 Å². The minimum Gasteiger partial charge on any atom is -0.196 e. The Balaban J connectivity index is 0. The van der Waals surface area contributed by atoms with Gasteiger partial charge >= 0.3 is 10.4 Å². The van der Waals surface area contributed by atoms with Crippen LogP contribution in [0.5, 0.6) is 0 Å². The van der Waals surface area contributed by atoms with E-state index in [-0.39, 0.29) is 20.4 Å². The van der Waals surface area contributed by atoms with Crippen molar-refractivity contribution in [3.05, 3.63) is 0 Å². The quantitative estimate of drug-likeness (QED) is 0.423. The van der Waals surface area contributed by atoms with Gasteiger partial charge in [0.05, 0.1) is 0 Å². The monoisotopic (exact) mass is 234 g/mol. The van der Waals surface area contributed by atoms with E-state index in [2.05, 4.69) is 20.4 Å². The molecule has 0 saturated heterocycles. The molecule has 0 bridgehead atoms. The van der Waals surface area contributed by atoms with Crippen molar-refractivity contribution in [1.82, 2.24) is 0 Å². The molecule has 8 heteroatoms. The molecule has 0 aliphatic carbocycles. The van der Waals surface area contributed by atoms with E-state index in [1.807, 2.05) is 0 Å². The van der Waals surface area contributed by atoms with E-state index < -0.39 is 10.4 Å². The Morgan fingerprint density at radius 1 is 1.12 bits per heavy atom. The van der Waals surface area contributed by atoms with Crippen molar-refractivity contribution in [3.8, 4) is 0 Å². The zero-order valence-electron chi connectivity index (χ0n) is 3.51. The molecule has 0 atom stereocenters. The molecule has 0 aromatic heterocycles. The molecule has 0 saturated carbocycles. The molecule has 0 fully saturated rings. The molecule has 8 heavy (non-hydrogen) atoms. The predicted octanol–water partition coefficient (Wildman–Crippen LogP) is -1.99. The van der Waals surface area contributed by atoms with Crippen LogP contribution in [0.4, 0.5) is 0 Å². The Bertz CT molecular complexity index is 117. The normalized spacial score (nSPS) is 10.2. The first-order chi connectivity index (χ1) is 3.12. The summed E-state index contributed by atoms with van der Waals surface area (Å²) in [4.78, 5) is 0. The van der Waals surface area contributed by atoms with Gasteiger partial charge in [0.15, 0.2) is 0 Å². The number of hydrogen-bond donors (Lipinski definition) is 2. The third-order valence-electron chi connectivity index (χ3n) is 0.236. The van der Waals surface area contributed by atoms with Crippen LogP contribution in [0.1, 0.15) is 0 Å². The van der Waals surface area contributed by atoms with Crippen LogP contribution in [0.3, 0.4) is 0 Å². The maximum absolute atomic E-state index is 9.67. The van der Waals surface area contributed by atoms with Crippen LogP contribution in [-0.4, -0.2) is 8.42 Å². The third-order valence-corrected chi connectivity index (χ3v) is 0.707. The molecule has 0 aliphatic heterocycles. The average Bonchev–Trinajstić information content (AvgIpc) is 1.68. The maximum Gasteiger partial charge on any atom is 0.431 e. The van der Waals surface area contributed by atoms with Gasteiger partial charge in [-0.25, -0.2) is 0 Å². The van der Waals surface area contributed by atoms with Crippen LogP contribution in [-0.2, 0) is 39.4 Å². The summed E-state index contributed by atoms with van der Waals surface area (Å²) in [5, 5.41) is 0. The van der Waals surface area contributed by atoms with E-state index in [1.54, 1.807) is 0 Å². The molecule has 0 spiro atoms. The summed E-state index contributed by atoms with van der Waals surface area (Å²) in [5.41, 5.74) is 0. The van der Waals surface area contributed by atoms with Gasteiger partial charge in [0, 0.05) is 20.4 Å². The maximum atomic E-state index is 9.67. The molecular formula is H4N2O4PdS. The van der Waals surface area contributed by atoms with E-state index in [1.165, 1.54) is 0 Å². The van der Waals surface area contributed by atoms with Crippen molar-refractivity contribution in [2.24, 2.45) is 11.8 Å². The molecule has 54 valence electrons. The molecule has 0 aromatic carbocycles. The standard InChI is InChI=1S/H4N2O4S.Pd/c1-5-7(3,4)6-2;/h1-2H2;. The van der Waals surface area contributed by atoms with E-state index >= 15 is 0 Å². The Morgan fingerprint density at radius 2 is 1.38 bits per heavy atom. The summed E-state index contributed by atoms with van der Waals surface area (Å²) in [6.45, 7) is 0. The third kappa shape index (κ3) is 4.61. The Morgan fingerprint density at radius 3 is 1.38 bits per heavy atom. The van der Waals surface area contributed by atoms with Gasteiger partial charge in [-0.2, -0.15) is 28.8 Å². The van der Waals surface area contributed by atoms with Gasteiger partial charge in [0.25, 0.3) is 0 Å². The van der Waals surface area contributed by atoms with Crippen LogP contribution in [0.15, 0.2) is 0 Å². The Labute approximate surface area is 60.0 Å². The minimum absolute atomic E-state index is 0. The Hall–Kier alpha value is 0.452. The fourth-order valence-electron chi connectivity index (χ4n) is 0.0227. The second-order valence-electron chi connectivity index (χ2n) is 0.601. The fraction of sp³-hybridized carbons (Fsp3) is 0. The molecule has 0 unspecified atom stereocenters. The van der Waals surface area contributed by atoms with Crippen molar-refractivity contribution < 1.29 is 37.4 Å². The zero-order chi connectivity index (χ0) is 5.91. The molecule has 0 rings (SSSR count). The summed E-state index contributed by atoms with van der Waals surface area (Å²) in [6.07, 6.45) is 0. The first-order valence-corrected chi connectivity index (χ1v) is 2.47. The molecule has 0 radical (unpaired) electrons. The topological polar surface area (TPSA) is 105 Å². The van der Waals surface area contributed by atoms with Crippen LogP contribution < -0.4 is 11.8 Å². The van der Waals surface area contributed by atoms with Gasteiger partial charge in [-0.15, -0.1) is 0 Å². The first-order valence-electron chi connectivity index (χ1n) is 1.14. The van der Waals surface area contributed by atoms with Crippen molar-refractivity contribution in [3.63, 3.8) is 0 Å². The molecule has 0 aromatic rings. The van der Waals surface area contributed by atoms with Gasteiger partial charge in [-0.3, -0.25) is 0 Å². The van der Waals surface area contributed by atoms with Gasteiger partial charge in [0.1, 0.15) is 0 Å².